The Morgan fingerprint density at radius 1 is 1.25 bits per heavy atom. The molecule has 0 radical (unpaired) electrons. The molecule has 0 unspecified atom stereocenters. The molecule has 20 heavy (non-hydrogen) atoms. The summed E-state index contributed by atoms with van der Waals surface area (Å²) in [7, 11) is -3.34. The largest absolute Gasteiger partial charge is 0.389 e. The molecule has 0 bridgehead atoms. The summed E-state index contributed by atoms with van der Waals surface area (Å²) in [4.78, 5) is 0. The molecule has 112 valence electrons. The first kappa shape index (κ1) is 15.5. The summed E-state index contributed by atoms with van der Waals surface area (Å²) in [6, 6.07) is 7.59. The van der Waals surface area contributed by atoms with E-state index in [1.165, 1.54) is 0 Å². The maximum Gasteiger partial charge on any atom is 0.159 e. The van der Waals surface area contributed by atoms with Crippen LogP contribution in [0.3, 0.4) is 0 Å². The molecule has 3 nitrogen and oxygen atoms in total. The van der Waals surface area contributed by atoms with E-state index in [4.69, 9.17) is 0 Å². The molecule has 0 saturated heterocycles. The molecule has 1 aromatic rings. The van der Waals surface area contributed by atoms with E-state index in [2.05, 4.69) is 0 Å². The monoisotopic (exact) mass is 296 g/mol. The maximum absolute atomic E-state index is 12.6. The highest BCUT2D eigenvalue weighted by molar-refractivity contribution is 7.91. The maximum atomic E-state index is 12.6. The molecule has 1 fully saturated rings. The molecular weight excluding hydrogens is 272 g/mol. The lowest BCUT2D eigenvalue weighted by atomic mass is 9.86. The summed E-state index contributed by atoms with van der Waals surface area (Å²) in [5.74, 6) is -0.116. The fraction of sp³-hybridized carbons (Fsp3) is 0.625. The molecule has 1 atom stereocenters. The van der Waals surface area contributed by atoms with Crippen LogP contribution < -0.4 is 0 Å². The van der Waals surface area contributed by atoms with Crippen molar-refractivity contribution in [3.05, 3.63) is 35.4 Å². The Morgan fingerprint density at radius 2 is 1.90 bits per heavy atom. The van der Waals surface area contributed by atoms with Gasteiger partial charge in [-0.15, -0.1) is 0 Å². The average molecular weight is 296 g/mol. The topological polar surface area (TPSA) is 54.4 Å². The molecule has 1 saturated carbocycles. The van der Waals surface area contributed by atoms with Crippen LogP contribution in [0.2, 0.25) is 0 Å². The second-order valence-electron chi connectivity index (χ2n) is 6.15. The quantitative estimate of drug-likeness (QED) is 0.928. The van der Waals surface area contributed by atoms with Crippen LogP contribution in [0.25, 0.3) is 0 Å². The van der Waals surface area contributed by atoms with Crippen molar-refractivity contribution in [3.8, 4) is 0 Å². The standard InChI is InChI=1S/C16H24O3S/c1-13-7-6-8-15(11-13)14(2)20(18,19)12-16(17)9-4-3-5-10-16/h6-8,11,14,17H,3-5,9-10,12H2,1-2H3/t14-/m0/s1. The van der Waals surface area contributed by atoms with Crippen LogP contribution in [0.1, 0.15) is 55.4 Å². The summed E-state index contributed by atoms with van der Waals surface area (Å²) in [6.45, 7) is 3.67. The Kier molecular flexibility index (Phi) is 4.55. The van der Waals surface area contributed by atoms with Crippen LogP contribution in [-0.2, 0) is 9.84 Å². The van der Waals surface area contributed by atoms with E-state index in [9.17, 15) is 13.5 Å². The highest BCUT2D eigenvalue weighted by Crippen LogP contribution is 2.33. The average Bonchev–Trinajstić information content (AvgIpc) is 2.37. The number of aliphatic hydroxyl groups is 1. The van der Waals surface area contributed by atoms with Crippen molar-refractivity contribution in [2.45, 2.75) is 56.8 Å². The van der Waals surface area contributed by atoms with Gasteiger partial charge in [-0.3, -0.25) is 0 Å². The lowest BCUT2D eigenvalue weighted by molar-refractivity contribution is 0.0256. The minimum Gasteiger partial charge on any atom is -0.389 e. The summed E-state index contributed by atoms with van der Waals surface area (Å²) in [5, 5.41) is 9.92. The molecule has 1 aliphatic rings. The van der Waals surface area contributed by atoms with Gasteiger partial charge in [0.2, 0.25) is 0 Å². The van der Waals surface area contributed by atoms with Crippen LogP contribution in [0.4, 0.5) is 0 Å². The molecule has 1 N–H and O–H groups in total. The first-order valence-electron chi connectivity index (χ1n) is 7.33. The Bertz CT molecular complexity index is 557. The smallest absolute Gasteiger partial charge is 0.159 e. The molecule has 4 heteroatoms. The normalized spacial score (nSPS) is 20.6. The summed E-state index contributed by atoms with van der Waals surface area (Å²) >= 11 is 0. The van der Waals surface area contributed by atoms with Crippen molar-refractivity contribution in [1.29, 1.82) is 0 Å². The van der Waals surface area contributed by atoms with Gasteiger partial charge >= 0.3 is 0 Å². The van der Waals surface area contributed by atoms with E-state index >= 15 is 0 Å². The van der Waals surface area contributed by atoms with E-state index < -0.39 is 20.7 Å². The fourth-order valence-corrected chi connectivity index (χ4v) is 4.83. The van der Waals surface area contributed by atoms with Crippen LogP contribution in [0, 0.1) is 6.92 Å². The van der Waals surface area contributed by atoms with Gasteiger partial charge in [-0.1, -0.05) is 49.1 Å². The van der Waals surface area contributed by atoms with Crippen molar-refractivity contribution in [1.82, 2.24) is 0 Å². The highest BCUT2D eigenvalue weighted by atomic mass is 32.2. The predicted molar refractivity (Wildman–Crippen MR) is 81.4 cm³/mol. The van der Waals surface area contributed by atoms with Gasteiger partial charge in [0.25, 0.3) is 0 Å². The van der Waals surface area contributed by atoms with Crippen molar-refractivity contribution >= 4 is 9.84 Å². The number of hydrogen-bond acceptors (Lipinski definition) is 3. The summed E-state index contributed by atoms with van der Waals surface area (Å²) in [5.41, 5.74) is 0.847. The molecule has 1 aliphatic carbocycles. The second kappa shape index (κ2) is 5.86. The van der Waals surface area contributed by atoms with Crippen LogP contribution in [0.5, 0.6) is 0 Å². The number of aryl methyl sites for hydroxylation is 1. The molecule has 2 rings (SSSR count). The third-order valence-corrected chi connectivity index (χ3v) is 6.59. The first-order valence-corrected chi connectivity index (χ1v) is 9.04. The third kappa shape index (κ3) is 3.61. The van der Waals surface area contributed by atoms with Gasteiger partial charge in [-0.05, 0) is 32.3 Å². The number of hydrogen-bond donors (Lipinski definition) is 1. The van der Waals surface area contributed by atoms with E-state index in [0.717, 1.165) is 30.4 Å². The lowest BCUT2D eigenvalue weighted by Gasteiger charge is -2.32. The van der Waals surface area contributed by atoms with Gasteiger partial charge in [0.05, 0.1) is 16.6 Å². The van der Waals surface area contributed by atoms with E-state index in [-0.39, 0.29) is 5.75 Å². The molecule has 0 amide bonds. The highest BCUT2D eigenvalue weighted by Gasteiger charge is 2.37. The zero-order valence-electron chi connectivity index (χ0n) is 12.3. The Hall–Kier alpha value is -0.870. The van der Waals surface area contributed by atoms with Gasteiger partial charge in [-0.2, -0.15) is 0 Å². The predicted octanol–water partition coefficient (Wildman–Crippen LogP) is 3.17. The van der Waals surface area contributed by atoms with Crippen molar-refractivity contribution in [2.24, 2.45) is 0 Å². The van der Waals surface area contributed by atoms with E-state index in [1.54, 1.807) is 6.92 Å². The van der Waals surface area contributed by atoms with E-state index in [0.29, 0.717) is 12.8 Å². The van der Waals surface area contributed by atoms with Gasteiger partial charge < -0.3 is 5.11 Å². The first-order chi connectivity index (χ1) is 9.32. The minimum absolute atomic E-state index is 0.116. The van der Waals surface area contributed by atoms with Gasteiger partial charge in [-0.25, -0.2) is 8.42 Å². The SMILES string of the molecule is Cc1cccc([C@H](C)S(=O)(=O)CC2(O)CCCCC2)c1. The second-order valence-corrected chi connectivity index (χ2v) is 8.47. The van der Waals surface area contributed by atoms with E-state index in [1.807, 2.05) is 31.2 Å². The van der Waals surface area contributed by atoms with Crippen molar-refractivity contribution in [3.63, 3.8) is 0 Å². The van der Waals surface area contributed by atoms with Crippen LogP contribution >= 0.6 is 0 Å². The molecular formula is C16H24O3S. The summed E-state index contributed by atoms with van der Waals surface area (Å²) in [6.07, 6.45) is 4.14. The molecule has 0 aromatic heterocycles. The van der Waals surface area contributed by atoms with Gasteiger partial charge in [0, 0.05) is 0 Å². The Balaban J connectivity index is 2.17. The van der Waals surface area contributed by atoms with Crippen LogP contribution in [0.15, 0.2) is 24.3 Å². The summed E-state index contributed by atoms with van der Waals surface area (Å²) < 4.78 is 25.1. The Morgan fingerprint density at radius 3 is 2.50 bits per heavy atom. The van der Waals surface area contributed by atoms with Gasteiger partial charge in [0.1, 0.15) is 0 Å². The fourth-order valence-electron chi connectivity index (χ4n) is 2.98. The zero-order chi connectivity index (χ0) is 14.8. The zero-order valence-corrected chi connectivity index (χ0v) is 13.1. The minimum atomic E-state index is -3.34. The molecule has 0 aliphatic heterocycles. The van der Waals surface area contributed by atoms with Crippen LogP contribution in [-0.4, -0.2) is 24.9 Å². The molecule has 0 heterocycles. The number of sulfone groups is 1. The van der Waals surface area contributed by atoms with Crippen molar-refractivity contribution < 1.29 is 13.5 Å². The third-order valence-electron chi connectivity index (χ3n) is 4.30. The number of benzene rings is 1. The Labute approximate surface area is 121 Å². The lowest BCUT2D eigenvalue weighted by Crippen LogP contribution is -2.40. The molecule has 0 spiro atoms. The molecule has 1 aromatic carbocycles. The number of rotatable bonds is 4. The van der Waals surface area contributed by atoms with Gasteiger partial charge in [0.15, 0.2) is 9.84 Å². The van der Waals surface area contributed by atoms with Crippen molar-refractivity contribution in [2.75, 3.05) is 5.75 Å².